The molecule has 0 radical (unpaired) electrons. The van der Waals surface area contributed by atoms with Gasteiger partial charge >= 0.3 is 5.97 Å². The van der Waals surface area contributed by atoms with Gasteiger partial charge in [0, 0.05) is 18.3 Å². The molecular formula is C59H100N14O18. The maximum atomic E-state index is 14.8. The number of amides is 12. The van der Waals surface area contributed by atoms with Crippen LogP contribution in [0.15, 0.2) is 12.2 Å². The lowest BCUT2D eigenvalue weighted by molar-refractivity contribution is -0.143. The summed E-state index contributed by atoms with van der Waals surface area (Å²) in [4.78, 5) is 203. The molecule has 1 heterocycles. The molecule has 0 aliphatic carbocycles. The van der Waals surface area contributed by atoms with Crippen molar-refractivity contribution in [2.45, 2.75) is 244 Å². The number of carboxylic acid groups (broad SMARTS) is 1. The Kier molecular flexibility index (Phi) is 33.3. The lowest BCUT2D eigenvalue weighted by Gasteiger charge is -2.36. The van der Waals surface area contributed by atoms with E-state index in [1.165, 1.54) is 34.6 Å². The highest BCUT2D eigenvalue weighted by Crippen LogP contribution is 2.28. The van der Waals surface area contributed by atoms with E-state index in [-0.39, 0.29) is 44.3 Å². The molecule has 1 aliphatic rings. The molecule has 1 rings (SSSR count). The van der Waals surface area contributed by atoms with Crippen LogP contribution in [0.5, 0.6) is 0 Å². The second kappa shape index (κ2) is 37.4. The first-order valence-electron chi connectivity index (χ1n) is 30.5. The Bertz CT molecular complexity index is 2660. The maximum absolute atomic E-state index is 14.8. The largest absolute Gasteiger partial charge is 0.481 e. The van der Waals surface area contributed by atoms with Crippen LogP contribution in [0, 0.1) is 17.3 Å². The van der Waals surface area contributed by atoms with Crippen molar-refractivity contribution in [2.24, 2.45) is 40.2 Å². The molecule has 15 atom stereocenters. The third kappa shape index (κ3) is 26.8. The van der Waals surface area contributed by atoms with E-state index in [0.29, 0.717) is 12.8 Å². The first kappa shape index (κ1) is 81.0. The first-order chi connectivity index (χ1) is 42.1. The van der Waals surface area contributed by atoms with E-state index < -0.39 is 216 Å². The van der Waals surface area contributed by atoms with Crippen LogP contribution in [0.4, 0.5) is 0 Å². The van der Waals surface area contributed by atoms with Crippen molar-refractivity contribution < 1.29 is 87.2 Å². The number of carboxylic acids is 1. The van der Waals surface area contributed by atoms with Gasteiger partial charge in [-0.05, 0) is 91.4 Å². The summed E-state index contributed by atoms with van der Waals surface area (Å²) in [7, 11) is 0. The molecule has 12 amide bonds. The molecular weight excluding hydrogens is 1190 g/mol. The number of primary amides is 2. The number of aliphatic hydroxyl groups is 2. The van der Waals surface area contributed by atoms with E-state index >= 15 is 0 Å². The zero-order chi connectivity index (χ0) is 70.1. The minimum absolute atomic E-state index is 0.0852. The van der Waals surface area contributed by atoms with E-state index in [0.717, 1.165) is 6.92 Å². The first-order valence-corrected chi connectivity index (χ1v) is 30.5. The van der Waals surface area contributed by atoms with Crippen molar-refractivity contribution in [1.82, 2.24) is 53.2 Å². The molecule has 0 aromatic rings. The van der Waals surface area contributed by atoms with Crippen LogP contribution in [0.25, 0.3) is 0 Å². The second-order valence-corrected chi connectivity index (χ2v) is 24.9. The number of nitrogens with two attached hydrogens (primary N) is 4. The molecule has 0 fully saturated rings. The number of carbonyl (C=O) groups excluding carboxylic acids is 14. The topological polar surface area (TPSA) is 541 Å². The minimum Gasteiger partial charge on any atom is -0.481 e. The highest BCUT2D eigenvalue weighted by molar-refractivity contribution is 6.02. The maximum Gasteiger partial charge on any atom is 0.305 e. The van der Waals surface area contributed by atoms with Crippen LogP contribution >= 0.6 is 0 Å². The van der Waals surface area contributed by atoms with Crippen molar-refractivity contribution >= 4 is 88.4 Å². The summed E-state index contributed by atoms with van der Waals surface area (Å²) < 4.78 is 0. The molecule has 514 valence electrons. The average molecular weight is 1290 g/mol. The number of rotatable bonds is 29. The number of nitrogens with one attached hydrogen (secondary N) is 10. The lowest BCUT2D eigenvalue weighted by atomic mass is 9.76. The standard InChI is InChI=1S/C59H100N14O18/c1-13-29(3)43(69-46(81)31(5)64-48(83)36(25-34(76)28-60)66-47(82)35(21-22-39(61)77)65-51(86)42(63)32(6)74)52(87)68-38(27-41(79)80)50(85)73-59(12)24-20-18-16-15-17-19-23-58(11,55(90)57(8,9)10)72-49(84)37(26-40(62)78)67-54(89)45(33(7)75)70-53(88)44(30(4)14-2)71-56(59)91/h15-16,29-33,35-38,42-45,74-75H,13-14,17-28,60,63H2,1-12H3,(H2,61,77)(H2,62,78)(H,64,83)(H,65,86)(H,66,82)(H,67,89)(H,68,87)(H,69,81)(H,70,88)(H,71,91)(H,72,84)(H,73,85)(H,79,80)/b16-15-/t29-,30-,31-,32+,33+,35-,36-,37-,38-,42-,43-,44-,45-,58-,59-/m0/s1. The van der Waals surface area contributed by atoms with Crippen LogP contribution in [-0.2, 0) is 71.9 Å². The number of hydrogen-bond donors (Lipinski definition) is 17. The van der Waals surface area contributed by atoms with E-state index in [1.807, 2.05) is 0 Å². The monoisotopic (exact) mass is 1290 g/mol. The predicted molar refractivity (Wildman–Crippen MR) is 329 cm³/mol. The summed E-state index contributed by atoms with van der Waals surface area (Å²) in [5, 5.41) is 55.2. The Morgan fingerprint density at radius 2 is 1.20 bits per heavy atom. The van der Waals surface area contributed by atoms with Gasteiger partial charge in [0.25, 0.3) is 0 Å². The fourth-order valence-electron chi connectivity index (χ4n) is 9.56. The predicted octanol–water partition coefficient (Wildman–Crippen LogP) is -4.13. The van der Waals surface area contributed by atoms with E-state index in [9.17, 15) is 87.2 Å². The molecule has 32 heteroatoms. The fraction of sp³-hybridized carbons (Fsp3) is 0.712. The molecule has 0 saturated carbocycles. The molecule has 91 heavy (non-hydrogen) atoms. The van der Waals surface area contributed by atoms with Gasteiger partial charge in [-0.1, -0.05) is 73.5 Å². The molecule has 0 saturated heterocycles. The van der Waals surface area contributed by atoms with Gasteiger partial charge in [-0.25, -0.2) is 0 Å². The van der Waals surface area contributed by atoms with Gasteiger partial charge in [-0.3, -0.25) is 71.9 Å². The quantitative estimate of drug-likeness (QED) is 0.0316. The van der Waals surface area contributed by atoms with E-state index in [2.05, 4.69) is 53.2 Å². The van der Waals surface area contributed by atoms with Crippen LogP contribution in [0.1, 0.15) is 167 Å². The lowest BCUT2D eigenvalue weighted by Crippen LogP contribution is -2.66. The minimum atomic E-state index is -2.02. The number of allylic oxidation sites excluding steroid dienone is 2. The number of Topliss-reactive ketones (excluding diaryl/α,β-unsaturated/α-hetero) is 2. The van der Waals surface area contributed by atoms with Crippen molar-refractivity contribution in [3.63, 3.8) is 0 Å². The van der Waals surface area contributed by atoms with Crippen LogP contribution in [-0.4, -0.2) is 188 Å². The third-order valence-electron chi connectivity index (χ3n) is 15.6. The summed E-state index contributed by atoms with van der Waals surface area (Å²) in [6.45, 7) is 17.1. The van der Waals surface area contributed by atoms with Gasteiger partial charge in [0.15, 0.2) is 5.78 Å². The summed E-state index contributed by atoms with van der Waals surface area (Å²) in [5.41, 5.74) is 17.4. The van der Waals surface area contributed by atoms with E-state index in [4.69, 9.17) is 22.9 Å². The highest BCUT2D eigenvalue weighted by Gasteiger charge is 2.45. The molecule has 0 bridgehead atoms. The Morgan fingerprint density at radius 1 is 0.659 bits per heavy atom. The molecule has 0 aromatic heterocycles. The van der Waals surface area contributed by atoms with Gasteiger partial charge in [-0.15, -0.1) is 0 Å². The molecule has 32 nitrogen and oxygen atoms in total. The molecule has 1 aliphatic heterocycles. The van der Waals surface area contributed by atoms with Crippen LogP contribution < -0.4 is 76.1 Å². The van der Waals surface area contributed by atoms with E-state index in [1.54, 1.807) is 53.7 Å². The van der Waals surface area contributed by atoms with Crippen molar-refractivity contribution in [3.8, 4) is 0 Å². The Morgan fingerprint density at radius 3 is 1.70 bits per heavy atom. The number of hydrogen-bond acceptors (Lipinski definition) is 19. The molecule has 21 N–H and O–H groups in total. The van der Waals surface area contributed by atoms with Crippen molar-refractivity contribution in [1.29, 1.82) is 0 Å². The third-order valence-corrected chi connectivity index (χ3v) is 15.6. The summed E-state index contributed by atoms with van der Waals surface area (Å²) in [6, 6.07) is -15.0. The summed E-state index contributed by atoms with van der Waals surface area (Å²) in [6.07, 6.45) is -1.49. The van der Waals surface area contributed by atoms with Gasteiger partial charge in [0.05, 0.1) is 37.1 Å². The Balaban J connectivity index is 3.79. The number of aliphatic hydroxyl groups excluding tert-OH is 2. The zero-order valence-electron chi connectivity index (χ0n) is 54.3. The van der Waals surface area contributed by atoms with Crippen molar-refractivity contribution in [2.75, 3.05) is 6.54 Å². The van der Waals surface area contributed by atoms with Crippen LogP contribution in [0.3, 0.4) is 0 Å². The van der Waals surface area contributed by atoms with Gasteiger partial charge in [0.2, 0.25) is 70.9 Å². The SMILES string of the molecule is CC[C@H](C)[C@H](NC(=O)[C@H](C)NC(=O)[C@H](CC(=O)CN)NC(=O)[C@H](CCC(N)=O)NC(=O)[C@@H](N)[C@@H](C)O)C(=O)N[C@@H](CC(=O)O)C(=O)N[C@@]1(C)CCC/C=C\CCC[C@@](C)(C(=O)C(C)(C)C)NC(=O)[C@H](CC(N)=O)NC(=O)[C@H]([C@@H](C)O)NC(=O)[C@H]([C@@H](C)CC)NC1=O. The molecule has 0 spiro atoms. The van der Waals surface area contributed by atoms with Crippen LogP contribution in [0.2, 0.25) is 0 Å². The molecule has 0 unspecified atom stereocenters. The number of aliphatic carboxylic acids is 1. The second-order valence-electron chi connectivity index (χ2n) is 24.9. The number of ketones is 2. The Hall–Kier alpha value is -7.97. The fourth-order valence-corrected chi connectivity index (χ4v) is 9.56. The van der Waals surface area contributed by atoms with Gasteiger partial charge < -0.3 is 91.4 Å². The Labute approximate surface area is 530 Å². The zero-order valence-corrected chi connectivity index (χ0v) is 54.3. The highest BCUT2D eigenvalue weighted by atomic mass is 16.4. The number of carbonyl (C=O) groups is 15. The summed E-state index contributed by atoms with van der Waals surface area (Å²) in [5.74, 6) is -16.8. The average Bonchev–Trinajstić information content (AvgIpc) is 0.925. The summed E-state index contributed by atoms with van der Waals surface area (Å²) >= 11 is 0. The smallest absolute Gasteiger partial charge is 0.305 e. The van der Waals surface area contributed by atoms with Gasteiger partial charge in [0.1, 0.15) is 65.7 Å². The van der Waals surface area contributed by atoms with Crippen molar-refractivity contribution in [3.05, 3.63) is 12.2 Å². The van der Waals surface area contributed by atoms with Gasteiger partial charge in [-0.2, -0.15) is 0 Å². The normalized spacial score (nSPS) is 23.5. The molecule has 0 aromatic carbocycles.